The molecule has 2 aromatic rings. The van der Waals surface area contributed by atoms with E-state index in [0.717, 1.165) is 21.8 Å². The van der Waals surface area contributed by atoms with E-state index >= 15 is 0 Å². The first-order valence-electron chi connectivity index (χ1n) is 6.33. The van der Waals surface area contributed by atoms with Gasteiger partial charge in [0.15, 0.2) is 5.11 Å². The number of thiophene rings is 1. The Morgan fingerprint density at radius 2 is 2.05 bits per heavy atom. The Balaban J connectivity index is 1.72. The van der Waals surface area contributed by atoms with Crippen LogP contribution in [0.15, 0.2) is 40.2 Å². The van der Waals surface area contributed by atoms with Gasteiger partial charge >= 0.3 is 0 Å². The van der Waals surface area contributed by atoms with E-state index in [1.165, 1.54) is 17.0 Å². The number of nitrogens with zero attached hydrogens (tertiary/aromatic N) is 1. The Bertz CT molecular complexity index is 644. The fourth-order valence-electron chi connectivity index (χ4n) is 2.10. The maximum absolute atomic E-state index is 12.9. The lowest BCUT2D eigenvalue weighted by Crippen LogP contribution is -2.33. The van der Waals surface area contributed by atoms with Gasteiger partial charge in [0.05, 0.1) is 3.79 Å². The Morgan fingerprint density at radius 1 is 1.29 bits per heavy atom. The van der Waals surface area contributed by atoms with Gasteiger partial charge in [0.2, 0.25) is 0 Å². The zero-order valence-electron chi connectivity index (χ0n) is 10.9. The highest BCUT2D eigenvalue weighted by Crippen LogP contribution is 2.42. The molecule has 0 saturated carbocycles. The molecule has 1 aromatic carbocycles. The molecule has 2 nitrogen and oxygen atoms in total. The van der Waals surface area contributed by atoms with Gasteiger partial charge in [-0.2, -0.15) is 0 Å². The third-order valence-corrected chi connectivity index (χ3v) is 6.49. The molecule has 2 heterocycles. The van der Waals surface area contributed by atoms with Crippen LogP contribution in [0.3, 0.4) is 0 Å². The van der Waals surface area contributed by atoms with Crippen molar-refractivity contribution in [2.75, 3.05) is 17.6 Å². The van der Waals surface area contributed by atoms with Gasteiger partial charge in [0.25, 0.3) is 0 Å². The molecular formula is C14H12BrFN2S3. The van der Waals surface area contributed by atoms with Crippen LogP contribution >= 0.6 is 51.2 Å². The summed E-state index contributed by atoms with van der Waals surface area (Å²) in [7, 11) is 0. The Morgan fingerprint density at radius 3 is 2.71 bits per heavy atom. The number of hydrogen-bond acceptors (Lipinski definition) is 3. The molecule has 0 unspecified atom stereocenters. The largest absolute Gasteiger partial charge is 0.333 e. The van der Waals surface area contributed by atoms with E-state index in [2.05, 4.69) is 38.3 Å². The Kier molecular flexibility index (Phi) is 4.83. The number of thioether (sulfide) groups is 1. The van der Waals surface area contributed by atoms with Gasteiger partial charge in [-0.3, -0.25) is 0 Å². The van der Waals surface area contributed by atoms with Crippen LogP contribution in [0.2, 0.25) is 0 Å². The van der Waals surface area contributed by atoms with Gasteiger partial charge in [-0.05, 0) is 64.5 Å². The predicted octanol–water partition coefficient (Wildman–Crippen LogP) is 5.09. The predicted molar refractivity (Wildman–Crippen MR) is 96.5 cm³/mol. The van der Waals surface area contributed by atoms with Crippen molar-refractivity contribution in [2.45, 2.75) is 5.37 Å². The number of halogens is 2. The summed E-state index contributed by atoms with van der Waals surface area (Å²) >= 11 is 12.6. The Labute approximate surface area is 144 Å². The average molecular weight is 403 g/mol. The molecular weight excluding hydrogens is 391 g/mol. The molecule has 1 N–H and O–H groups in total. The van der Waals surface area contributed by atoms with Crippen molar-refractivity contribution in [2.24, 2.45) is 0 Å². The van der Waals surface area contributed by atoms with Gasteiger partial charge in [-0.1, -0.05) is 0 Å². The molecule has 0 bridgehead atoms. The van der Waals surface area contributed by atoms with Crippen LogP contribution in [0, 0.1) is 5.82 Å². The fraction of sp³-hybridized carbons (Fsp3) is 0.214. The summed E-state index contributed by atoms with van der Waals surface area (Å²) < 4.78 is 14.1. The van der Waals surface area contributed by atoms with E-state index in [-0.39, 0.29) is 11.2 Å². The van der Waals surface area contributed by atoms with E-state index in [0.29, 0.717) is 5.11 Å². The lowest BCUT2D eigenvalue weighted by molar-refractivity contribution is 0.462. The number of hydrogen-bond donors (Lipinski definition) is 1. The quantitative estimate of drug-likeness (QED) is 0.702. The molecule has 110 valence electrons. The van der Waals surface area contributed by atoms with Crippen molar-refractivity contribution < 1.29 is 4.39 Å². The van der Waals surface area contributed by atoms with Gasteiger partial charge in [-0.25, -0.2) is 4.39 Å². The van der Waals surface area contributed by atoms with Crippen LogP contribution in [0.4, 0.5) is 10.1 Å². The smallest absolute Gasteiger partial charge is 0.174 e. The standard InChI is InChI=1S/C14H12BrFN2S3/c15-12-6-5-11(21-12)13-18(7-8-20-13)14(19)17-10-3-1-9(16)2-4-10/h1-6,13H,7-8H2,(H,17,19)/t13-/m1/s1. The second kappa shape index (κ2) is 6.64. The summed E-state index contributed by atoms with van der Waals surface area (Å²) in [5.41, 5.74) is 0.810. The van der Waals surface area contributed by atoms with Crippen LogP contribution in [-0.4, -0.2) is 22.3 Å². The third kappa shape index (κ3) is 3.59. The highest BCUT2D eigenvalue weighted by atomic mass is 79.9. The van der Waals surface area contributed by atoms with Crippen molar-refractivity contribution in [3.63, 3.8) is 0 Å². The molecule has 1 atom stereocenters. The highest BCUT2D eigenvalue weighted by molar-refractivity contribution is 9.11. The highest BCUT2D eigenvalue weighted by Gasteiger charge is 2.29. The van der Waals surface area contributed by atoms with E-state index in [9.17, 15) is 4.39 Å². The number of rotatable bonds is 2. The molecule has 21 heavy (non-hydrogen) atoms. The maximum Gasteiger partial charge on any atom is 0.174 e. The summed E-state index contributed by atoms with van der Waals surface area (Å²) in [5, 5.41) is 4.12. The van der Waals surface area contributed by atoms with Crippen molar-refractivity contribution >= 4 is 62.0 Å². The first-order chi connectivity index (χ1) is 10.1. The van der Waals surface area contributed by atoms with E-state index in [1.807, 2.05) is 11.8 Å². The van der Waals surface area contributed by atoms with Crippen molar-refractivity contribution in [3.8, 4) is 0 Å². The molecule has 1 fully saturated rings. The van der Waals surface area contributed by atoms with Gasteiger partial charge < -0.3 is 10.2 Å². The van der Waals surface area contributed by atoms with Crippen LogP contribution in [0.5, 0.6) is 0 Å². The second-order valence-corrected chi connectivity index (χ2v) is 8.56. The summed E-state index contributed by atoms with van der Waals surface area (Å²) in [5.74, 6) is 0.801. The van der Waals surface area contributed by atoms with Crippen LogP contribution < -0.4 is 5.32 Å². The molecule has 1 aliphatic heterocycles. The zero-order chi connectivity index (χ0) is 14.8. The average Bonchev–Trinajstić information content (AvgIpc) is 3.09. The van der Waals surface area contributed by atoms with E-state index in [4.69, 9.17) is 12.2 Å². The first kappa shape index (κ1) is 15.3. The fourth-order valence-corrected chi connectivity index (χ4v) is 5.41. The molecule has 1 saturated heterocycles. The number of anilines is 1. The molecule has 0 aliphatic carbocycles. The number of nitrogens with one attached hydrogen (secondary N) is 1. The maximum atomic E-state index is 12.9. The monoisotopic (exact) mass is 402 g/mol. The summed E-state index contributed by atoms with van der Waals surface area (Å²) in [6.45, 7) is 0.915. The van der Waals surface area contributed by atoms with Crippen LogP contribution in [-0.2, 0) is 0 Å². The minimum Gasteiger partial charge on any atom is -0.333 e. The normalized spacial score (nSPS) is 18.0. The van der Waals surface area contributed by atoms with Gasteiger partial charge in [0.1, 0.15) is 11.2 Å². The van der Waals surface area contributed by atoms with Gasteiger partial charge in [0, 0.05) is 22.9 Å². The summed E-state index contributed by atoms with van der Waals surface area (Å²) in [4.78, 5) is 3.47. The van der Waals surface area contributed by atoms with Crippen molar-refractivity contribution in [3.05, 3.63) is 50.9 Å². The summed E-state index contributed by atoms with van der Waals surface area (Å²) in [6, 6.07) is 10.4. The minimum atomic E-state index is -0.246. The van der Waals surface area contributed by atoms with Crippen molar-refractivity contribution in [1.29, 1.82) is 0 Å². The second-order valence-electron chi connectivity index (χ2n) is 4.50. The third-order valence-electron chi connectivity index (χ3n) is 3.08. The minimum absolute atomic E-state index is 0.246. The number of benzene rings is 1. The topological polar surface area (TPSA) is 15.3 Å². The zero-order valence-corrected chi connectivity index (χ0v) is 14.9. The molecule has 1 aromatic heterocycles. The van der Waals surface area contributed by atoms with Crippen LogP contribution in [0.1, 0.15) is 10.3 Å². The van der Waals surface area contributed by atoms with Crippen LogP contribution in [0.25, 0.3) is 0 Å². The molecule has 0 amide bonds. The van der Waals surface area contributed by atoms with E-state index in [1.54, 1.807) is 23.5 Å². The summed E-state index contributed by atoms with van der Waals surface area (Å²) in [6.07, 6.45) is 0. The Hall–Kier alpha value is -0.630. The molecule has 1 aliphatic rings. The van der Waals surface area contributed by atoms with Gasteiger partial charge in [-0.15, -0.1) is 23.1 Å². The molecule has 3 rings (SSSR count). The SMILES string of the molecule is Fc1ccc(NC(=S)N2CCS[C@@H]2c2ccc(Br)s2)cc1. The number of thiocarbonyl (C=S) groups is 1. The lowest BCUT2D eigenvalue weighted by Gasteiger charge is -2.26. The first-order valence-corrected chi connectivity index (χ1v) is 9.40. The lowest BCUT2D eigenvalue weighted by atomic mass is 10.3. The van der Waals surface area contributed by atoms with E-state index < -0.39 is 0 Å². The van der Waals surface area contributed by atoms with Crippen molar-refractivity contribution in [1.82, 2.24) is 4.90 Å². The molecule has 0 radical (unpaired) electrons. The molecule has 0 spiro atoms. The molecule has 7 heteroatoms.